The first-order valence-corrected chi connectivity index (χ1v) is 6.00. The molecule has 2 aromatic rings. The van der Waals surface area contributed by atoms with E-state index in [1.54, 1.807) is 18.2 Å². The molecule has 0 radical (unpaired) electrons. The number of aliphatic hydroxyl groups is 2. The predicted molar refractivity (Wildman–Crippen MR) is 71.2 cm³/mol. The standard InChI is InChI=1S/C14H16N2O3/c17-9-12(10-18)15-14(19)11-4-3-5-13(8-11)16-6-1-2-7-16/h1-8,12,17-18H,9-10H2,(H,15,19). The minimum atomic E-state index is -0.636. The highest BCUT2D eigenvalue weighted by Crippen LogP contribution is 2.11. The summed E-state index contributed by atoms with van der Waals surface area (Å²) in [5.41, 5.74) is 1.36. The van der Waals surface area contributed by atoms with Gasteiger partial charge in [-0.15, -0.1) is 0 Å². The van der Waals surface area contributed by atoms with Crippen molar-refractivity contribution in [2.24, 2.45) is 0 Å². The Bertz CT molecular complexity index is 533. The molecule has 5 heteroatoms. The molecule has 1 aromatic carbocycles. The van der Waals surface area contributed by atoms with Crippen LogP contribution in [-0.4, -0.2) is 39.9 Å². The molecule has 1 amide bonds. The van der Waals surface area contributed by atoms with Crippen LogP contribution in [-0.2, 0) is 0 Å². The highest BCUT2D eigenvalue weighted by atomic mass is 16.3. The van der Waals surface area contributed by atoms with Gasteiger partial charge in [-0.25, -0.2) is 0 Å². The summed E-state index contributed by atoms with van der Waals surface area (Å²) in [4.78, 5) is 12.0. The van der Waals surface area contributed by atoms with E-state index < -0.39 is 6.04 Å². The lowest BCUT2D eigenvalue weighted by atomic mass is 10.1. The van der Waals surface area contributed by atoms with Gasteiger partial charge in [0.05, 0.1) is 19.3 Å². The van der Waals surface area contributed by atoms with Gasteiger partial charge in [-0.2, -0.15) is 0 Å². The molecule has 0 spiro atoms. The van der Waals surface area contributed by atoms with Crippen molar-refractivity contribution in [2.75, 3.05) is 13.2 Å². The van der Waals surface area contributed by atoms with Crippen molar-refractivity contribution in [1.82, 2.24) is 9.88 Å². The molecule has 3 N–H and O–H groups in total. The van der Waals surface area contributed by atoms with Gasteiger partial charge in [-0.3, -0.25) is 4.79 Å². The van der Waals surface area contributed by atoms with E-state index in [-0.39, 0.29) is 19.1 Å². The van der Waals surface area contributed by atoms with Gasteiger partial charge in [0, 0.05) is 23.6 Å². The summed E-state index contributed by atoms with van der Waals surface area (Å²) in [6.07, 6.45) is 3.78. The lowest BCUT2D eigenvalue weighted by molar-refractivity contribution is 0.0879. The monoisotopic (exact) mass is 260 g/mol. The Kier molecular flexibility index (Phi) is 4.33. The Hall–Kier alpha value is -2.11. The Balaban J connectivity index is 2.17. The number of carbonyl (C=O) groups excluding carboxylic acids is 1. The molecule has 100 valence electrons. The van der Waals surface area contributed by atoms with Crippen molar-refractivity contribution in [2.45, 2.75) is 6.04 Å². The predicted octanol–water partition coefficient (Wildman–Crippen LogP) is 0.560. The van der Waals surface area contributed by atoms with Crippen LogP contribution in [0.15, 0.2) is 48.8 Å². The van der Waals surface area contributed by atoms with Crippen molar-refractivity contribution < 1.29 is 15.0 Å². The molecule has 0 aliphatic rings. The van der Waals surface area contributed by atoms with Crippen molar-refractivity contribution in [3.05, 3.63) is 54.4 Å². The lowest BCUT2D eigenvalue weighted by Gasteiger charge is -2.13. The number of aromatic nitrogens is 1. The normalized spacial score (nSPS) is 10.7. The van der Waals surface area contributed by atoms with Crippen LogP contribution in [0.25, 0.3) is 5.69 Å². The molecule has 19 heavy (non-hydrogen) atoms. The Morgan fingerprint density at radius 1 is 1.16 bits per heavy atom. The second-order valence-electron chi connectivity index (χ2n) is 4.18. The fraction of sp³-hybridized carbons (Fsp3) is 0.214. The van der Waals surface area contributed by atoms with Gasteiger partial charge in [0.2, 0.25) is 0 Å². The summed E-state index contributed by atoms with van der Waals surface area (Å²) < 4.78 is 1.90. The van der Waals surface area contributed by atoms with Gasteiger partial charge in [0.25, 0.3) is 5.91 Å². The van der Waals surface area contributed by atoms with Gasteiger partial charge in [0.15, 0.2) is 0 Å². The molecule has 0 aliphatic heterocycles. The van der Waals surface area contributed by atoms with Crippen LogP contribution in [0, 0.1) is 0 Å². The molecule has 0 aliphatic carbocycles. The number of benzene rings is 1. The van der Waals surface area contributed by atoms with Gasteiger partial charge in [0.1, 0.15) is 0 Å². The number of hydrogen-bond acceptors (Lipinski definition) is 3. The highest BCUT2D eigenvalue weighted by Gasteiger charge is 2.12. The molecule has 5 nitrogen and oxygen atoms in total. The van der Waals surface area contributed by atoms with E-state index in [9.17, 15) is 4.79 Å². The topological polar surface area (TPSA) is 74.5 Å². The summed E-state index contributed by atoms with van der Waals surface area (Å²) in [6.45, 7) is -0.584. The molecule has 0 saturated heterocycles. The summed E-state index contributed by atoms with van der Waals surface area (Å²) >= 11 is 0. The fourth-order valence-corrected chi connectivity index (χ4v) is 1.73. The molecule has 0 bridgehead atoms. The number of carbonyl (C=O) groups is 1. The quantitative estimate of drug-likeness (QED) is 0.735. The summed E-state index contributed by atoms with van der Waals surface area (Å²) in [7, 11) is 0. The third kappa shape index (κ3) is 3.21. The number of rotatable bonds is 5. The molecule has 0 saturated carbocycles. The highest BCUT2D eigenvalue weighted by molar-refractivity contribution is 5.94. The second-order valence-corrected chi connectivity index (χ2v) is 4.18. The zero-order chi connectivity index (χ0) is 13.7. The van der Waals surface area contributed by atoms with Crippen LogP contribution in [0.2, 0.25) is 0 Å². The number of amides is 1. The van der Waals surface area contributed by atoms with E-state index in [2.05, 4.69) is 5.32 Å². The van der Waals surface area contributed by atoms with Gasteiger partial charge in [-0.1, -0.05) is 6.07 Å². The molecule has 1 aromatic heterocycles. The lowest BCUT2D eigenvalue weighted by Crippen LogP contribution is -2.40. The number of nitrogens with one attached hydrogen (secondary N) is 1. The van der Waals surface area contributed by atoms with Crippen LogP contribution < -0.4 is 5.32 Å². The smallest absolute Gasteiger partial charge is 0.251 e. The second kappa shape index (κ2) is 6.17. The average Bonchev–Trinajstić information content (AvgIpc) is 2.99. The Morgan fingerprint density at radius 2 is 1.84 bits per heavy atom. The van der Waals surface area contributed by atoms with Crippen molar-refractivity contribution in [3.63, 3.8) is 0 Å². The molecular formula is C14H16N2O3. The first-order chi connectivity index (χ1) is 9.24. The van der Waals surface area contributed by atoms with E-state index in [1.165, 1.54) is 0 Å². The minimum Gasteiger partial charge on any atom is -0.394 e. The third-order valence-electron chi connectivity index (χ3n) is 2.79. The van der Waals surface area contributed by atoms with E-state index in [0.29, 0.717) is 5.56 Å². The first-order valence-electron chi connectivity index (χ1n) is 6.00. The van der Waals surface area contributed by atoms with Gasteiger partial charge in [-0.05, 0) is 30.3 Å². The zero-order valence-electron chi connectivity index (χ0n) is 10.4. The first kappa shape index (κ1) is 13.3. The van der Waals surface area contributed by atoms with Crippen molar-refractivity contribution in [1.29, 1.82) is 0 Å². The summed E-state index contributed by atoms with van der Waals surface area (Å²) in [5.74, 6) is -0.317. The van der Waals surface area contributed by atoms with Crippen LogP contribution in [0.4, 0.5) is 0 Å². The number of hydrogen-bond donors (Lipinski definition) is 3. The maximum atomic E-state index is 12.0. The Labute approximate surface area is 111 Å². The number of nitrogens with zero attached hydrogens (tertiary/aromatic N) is 1. The van der Waals surface area contributed by atoms with Crippen LogP contribution in [0.5, 0.6) is 0 Å². The zero-order valence-corrected chi connectivity index (χ0v) is 10.4. The largest absolute Gasteiger partial charge is 0.394 e. The fourth-order valence-electron chi connectivity index (χ4n) is 1.73. The van der Waals surface area contributed by atoms with Crippen LogP contribution in [0.3, 0.4) is 0 Å². The molecule has 1 heterocycles. The SMILES string of the molecule is O=C(NC(CO)CO)c1cccc(-n2cccc2)c1. The van der Waals surface area contributed by atoms with Crippen LogP contribution >= 0.6 is 0 Å². The van der Waals surface area contributed by atoms with Crippen LogP contribution in [0.1, 0.15) is 10.4 Å². The molecule has 0 atom stereocenters. The summed E-state index contributed by atoms with van der Waals surface area (Å²) in [5, 5.41) is 20.5. The average molecular weight is 260 g/mol. The number of aliphatic hydroxyl groups excluding tert-OH is 2. The van der Waals surface area contributed by atoms with Crippen molar-refractivity contribution >= 4 is 5.91 Å². The van der Waals surface area contributed by atoms with E-state index in [0.717, 1.165) is 5.69 Å². The molecule has 0 fully saturated rings. The maximum Gasteiger partial charge on any atom is 0.251 e. The minimum absolute atomic E-state index is 0.292. The van der Waals surface area contributed by atoms with E-state index in [4.69, 9.17) is 10.2 Å². The Morgan fingerprint density at radius 3 is 2.47 bits per heavy atom. The molecular weight excluding hydrogens is 244 g/mol. The van der Waals surface area contributed by atoms with Crippen molar-refractivity contribution in [3.8, 4) is 5.69 Å². The van der Waals surface area contributed by atoms with Gasteiger partial charge < -0.3 is 20.1 Å². The van der Waals surface area contributed by atoms with E-state index in [1.807, 2.05) is 35.2 Å². The molecule has 0 unspecified atom stereocenters. The summed E-state index contributed by atoms with van der Waals surface area (Å²) in [6, 6.07) is 10.3. The molecule has 2 rings (SSSR count). The van der Waals surface area contributed by atoms with Gasteiger partial charge >= 0.3 is 0 Å². The maximum absolute atomic E-state index is 12.0. The third-order valence-corrected chi connectivity index (χ3v) is 2.79. The van der Waals surface area contributed by atoms with E-state index >= 15 is 0 Å².